The van der Waals surface area contributed by atoms with Gasteiger partial charge in [0, 0.05) is 18.0 Å². The van der Waals surface area contributed by atoms with E-state index in [4.69, 9.17) is 9.88 Å². The molecule has 0 aliphatic heterocycles. The molecule has 8 heteroatoms. The Hall–Kier alpha value is -2.97. The molecule has 0 radical (unpaired) electrons. The van der Waals surface area contributed by atoms with E-state index in [2.05, 4.69) is 15.3 Å². The monoisotopic (exact) mass is 370 g/mol. The van der Waals surface area contributed by atoms with Crippen LogP contribution in [0, 0.1) is 13.8 Å². The predicted octanol–water partition coefficient (Wildman–Crippen LogP) is 3.28. The van der Waals surface area contributed by atoms with Crippen molar-refractivity contribution in [2.24, 2.45) is 5.14 Å². The fourth-order valence-corrected chi connectivity index (χ4v) is 3.10. The Morgan fingerprint density at radius 3 is 2.58 bits per heavy atom. The second-order valence-corrected chi connectivity index (χ2v) is 7.21. The summed E-state index contributed by atoms with van der Waals surface area (Å²) < 4.78 is 29.3. The zero-order valence-electron chi connectivity index (χ0n) is 14.3. The summed E-state index contributed by atoms with van der Waals surface area (Å²) in [5.41, 5.74) is 2.02. The molecule has 3 rings (SSSR count). The fraction of sp³-hybridized carbons (Fsp3) is 0.111. The van der Waals surface area contributed by atoms with E-state index in [1.54, 1.807) is 36.5 Å². The first-order valence-electron chi connectivity index (χ1n) is 7.80. The Morgan fingerprint density at radius 1 is 1.08 bits per heavy atom. The number of hydrogen-bond acceptors (Lipinski definition) is 6. The van der Waals surface area contributed by atoms with Gasteiger partial charge in [0.2, 0.25) is 10.0 Å². The average Bonchev–Trinajstić information content (AvgIpc) is 2.57. The van der Waals surface area contributed by atoms with Crippen LogP contribution in [-0.4, -0.2) is 18.4 Å². The Labute approximate surface area is 151 Å². The number of nitrogens with zero attached hydrogens (tertiary/aromatic N) is 2. The van der Waals surface area contributed by atoms with E-state index in [0.29, 0.717) is 23.0 Å². The molecule has 1 aromatic carbocycles. The minimum absolute atomic E-state index is 0.00768. The van der Waals surface area contributed by atoms with E-state index < -0.39 is 10.0 Å². The normalized spacial score (nSPS) is 11.2. The zero-order chi connectivity index (χ0) is 18.7. The standard InChI is InChI=1S/C18H18N4O3S/c1-12-7-8-16(13(2)21-12)25-14-9-10-20-18(11-14)22-15-5-3-4-6-17(15)26(19,23)24/h3-11H,1-2H3,(H,20,22)(H2,19,23,24). The number of rotatable bonds is 5. The largest absolute Gasteiger partial charge is 0.455 e. The van der Waals surface area contributed by atoms with Gasteiger partial charge < -0.3 is 10.1 Å². The SMILES string of the molecule is Cc1ccc(Oc2ccnc(Nc3ccccc3S(N)(=O)=O)c2)c(C)n1. The molecular formula is C18H18N4O3S. The number of aryl methyl sites for hydroxylation is 2. The number of para-hydroxylation sites is 1. The molecule has 0 saturated heterocycles. The lowest BCUT2D eigenvalue weighted by molar-refractivity contribution is 0.475. The Bertz CT molecular complexity index is 1050. The molecule has 0 unspecified atom stereocenters. The van der Waals surface area contributed by atoms with E-state index in [1.165, 1.54) is 6.07 Å². The molecule has 7 nitrogen and oxygen atoms in total. The highest BCUT2D eigenvalue weighted by Crippen LogP contribution is 2.28. The van der Waals surface area contributed by atoms with Gasteiger partial charge in [-0.25, -0.2) is 18.5 Å². The van der Waals surface area contributed by atoms with E-state index >= 15 is 0 Å². The van der Waals surface area contributed by atoms with E-state index in [1.807, 2.05) is 26.0 Å². The third kappa shape index (κ3) is 4.16. The second-order valence-electron chi connectivity index (χ2n) is 5.68. The first kappa shape index (κ1) is 17.8. The van der Waals surface area contributed by atoms with Crippen LogP contribution < -0.4 is 15.2 Å². The quantitative estimate of drug-likeness (QED) is 0.714. The van der Waals surface area contributed by atoms with Crippen LogP contribution in [0.15, 0.2) is 59.6 Å². The number of nitrogens with one attached hydrogen (secondary N) is 1. The summed E-state index contributed by atoms with van der Waals surface area (Å²) >= 11 is 0. The van der Waals surface area contributed by atoms with E-state index in [9.17, 15) is 8.42 Å². The summed E-state index contributed by atoms with van der Waals surface area (Å²) in [7, 11) is -3.85. The van der Waals surface area contributed by atoms with Crippen LogP contribution in [0.2, 0.25) is 0 Å². The van der Waals surface area contributed by atoms with Crippen LogP contribution >= 0.6 is 0 Å². The number of aromatic nitrogens is 2. The molecule has 0 bridgehead atoms. The highest BCUT2D eigenvalue weighted by molar-refractivity contribution is 7.89. The number of primary sulfonamides is 1. The van der Waals surface area contributed by atoms with Gasteiger partial charge in [0.15, 0.2) is 0 Å². The maximum absolute atomic E-state index is 11.7. The highest BCUT2D eigenvalue weighted by Gasteiger charge is 2.14. The molecule has 0 spiro atoms. The summed E-state index contributed by atoms with van der Waals surface area (Å²) in [6, 6.07) is 13.4. The Morgan fingerprint density at radius 2 is 1.85 bits per heavy atom. The number of nitrogens with two attached hydrogens (primary N) is 1. The molecule has 0 saturated carbocycles. The molecule has 26 heavy (non-hydrogen) atoms. The van der Waals surface area contributed by atoms with Crippen molar-refractivity contribution in [3.63, 3.8) is 0 Å². The fourth-order valence-electron chi connectivity index (χ4n) is 2.41. The van der Waals surface area contributed by atoms with Gasteiger partial charge in [0.25, 0.3) is 0 Å². The van der Waals surface area contributed by atoms with Gasteiger partial charge in [-0.2, -0.15) is 0 Å². The number of benzene rings is 1. The topological polar surface area (TPSA) is 107 Å². The maximum atomic E-state index is 11.7. The van der Waals surface area contributed by atoms with Crippen molar-refractivity contribution in [3.05, 3.63) is 66.1 Å². The van der Waals surface area contributed by atoms with Crippen molar-refractivity contribution in [2.75, 3.05) is 5.32 Å². The van der Waals surface area contributed by atoms with Gasteiger partial charge in [-0.1, -0.05) is 12.1 Å². The Balaban J connectivity index is 1.87. The summed E-state index contributed by atoms with van der Waals surface area (Å²) in [5, 5.41) is 8.22. The molecule has 134 valence electrons. The van der Waals surface area contributed by atoms with Gasteiger partial charge in [0.05, 0.1) is 11.4 Å². The molecule has 0 aliphatic rings. The van der Waals surface area contributed by atoms with E-state index in [-0.39, 0.29) is 4.90 Å². The van der Waals surface area contributed by atoms with Crippen molar-refractivity contribution in [3.8, 4) is 11.5 Å². The number of anilines is 2. The Kier molecular flexibility index (Phi) is 4.88. The molecule has 0 amide bonds. The van der Waals surface area contributed by atoms with Crippen LogP contribution in [0.25, 0.3) is 0 Å². The van der Waals surface area contributed by atoms with Crippen molar-refractivity contribution < 1.29 is 13.2 Å². The summed E-state index contributed by atoms with van der Waals surface area (Å²) in [6.07, 6.45) is 1.56. The molecule has 0 atom stereocenters. The molecule has 0 fully saturated rings. The maximum Gasteiger partial charge on any atom is 0.240 e. The van der Waals surface area contributed by atoms with Crippen LogP contribution in [0.3, 0.4) is 0 Å². The summed E-state index contributed by atoms with van der Waals surface area (Å²) in [6.45, 7) is 3.78. The second kappa shape index (κ2) is 7.11. The lowest BCUT2D eigenvalue weighted by atomic mass is 10.3. The first-order valence-corrected chi connectivity index (χ1v) is 9.34. The van der Waals surface area contributed by atoms with Crippen LogP contribution in [0.5, 0.6) is 11.5 Å². The lowest BCUT2D eigenvalue weighted by Gasteiger charge is -2.12. The number of hydrogen-bond donors (Lipinski definition) is 2. The minimum atomic E-state index is -3.85. The molecular weight excluding hydrogens is 352 g/mol. The first-order chi connectivity index (χ1) is 12.3. The molecule has 3 aromatic rings. The zero-order valence-corrected chi connectivity index (χ0v) is 15.1. The van der Waals surface area contributed by atoms with Crippen molar-refractivity contribution >= 4 is 21.5 Å². The van der Waals surface area contributed by atoms with Gasteiger partial charge in [-0.15, -0.1) is 0 Å². The van der Waals surface area contributed by atoms with Crippen molar-refractivity contribution in [1.29, 1.82) is 0 Å². The third-order valence-electron chi connectivity index (χ3n) is 3.59. The minimum Gasteiger partial charge on any atom is -0.455 e. The highest BCUT2D eigenvalue weighted by atomic mass is 32.2. The van der Waals surface area contributed by atoms with Crippen LogP contribution in [0.1, 0.15) is 11.4 Å². The smallest absolute Gasteiger partial charge is 0.240 e. The van der Waals surface area contributed by atoms with Crippen molar-refractivity contribution in [2.45, 2.75) is 18.7 Å². The molecule has 2 heterocycles. The van der Waals surface area contributed by atoms with E-state index in [0.717, 1.165) is 11.4 Å². The van der Waals surface area contributed by atoms with Gasteiger partial charge >= 0.3 is 0 Å². The van der Waals surface area contributed by atoms with Gasteiger partial charge in [0.1, 0.15) is 22.2 Å². The van der Waals surface area contributed by atoms with Crippen molar-refractivity contribution in [1.82, 2.24) is 9.97 Å². The summed E-state index contributed by atoms with van der Waals surface area (Å²) in [5.74, 6) is 1.61. The lowest BCUT2D eigenvalue weighted by Crippen LogP contribution is -2.14. The number of sulfonamides is 1. The van der Waals surface area contributed by atoms with Gasteiger partial charge in [-0.05, 0) is 44.2 Å². The predicted molar refractivity (Wildman–Crippen MR) is 99.1 cm³/mol. The third-order valence-corrected chi connectivity index (χ3v) is 4.56. The van der Waals surface area contributed by atoms with Crippen LogP contribution in [-0.2, 0) is 10.0 Å². The molecule has 3 N–H and O–H groups in total. The van der Waals surface area contributed by atoms with Crippen LogP contribution in [0.4, 0.5) is 11.5 Å². The summed E-state index contributed by atoms with van der Waals surface area (Å²) in [4.78, 5) is 8.55. The molecule has 0 aliphatic carbocycles. The average molecular weight is 370 g/mol. The molecule has 2 aromatic heterocycles. The number of pyridine rings is 2. The number of ether oxygens (including phenoxy) is 1. The van der Waals surface area contributed by atoms with Gasteiger partial charge in [-0.3, -0.25) is 4.98 Å².